The smallest absolute Gasteiger partial charge is 0.180 e. The summed E-state index contributed by atoms with van der Waals surface area (Å²) >= 11 is 0. The van der Waals surface area contributed by atoms with Gasteiger partial charge in [-0.05, 0) is 18.3 Å². The second-order valence-corrected chi connectivity index (χ2v) is 5.95. The zero-order valence-electron chi connectivity index (χ0n) is 12.8. The molecule has 0 spiro atoms. The van der Waals surface area contributed by atoms with E-state index in [0.29, 0.717) is 11.2 Å². The number of piperidine rings is 1. The van der Waals surface area contributed by atoms with E-state index < -0.39 is 0 Å². The molecule has 1 aliphatic heterocycles. The van der Waals surface area contributed by atoms with Crippen molar-refractivity contribution in [2.24, 2.45) is 11.3 Å². The molecule has 114 valence electrons. The molecule has 0 aromatic carbocycles. The average molecular weight is 288 g/mol. The van der Waals surface area contributed by atoms with Crippen molar-refractivity contribution in [2.45, 2.75) is 39.5 Å². The first-order valence-corrected chi connectivity index (χ1v) is 7.76. The molecule has 0 unspecified atom stereocenters. The van der Waals surface area contributed by atoms with Gasteiger partial charge in [0.05, 0.1) is 6.20 Å². The maximum atomic E-state index is 5.53. The van der Waals surface area contributed by atoms with Crippen molar-refractivity contribution in [1.82, 2.24) is 14.4 Å². The van der Waals surface area contributed by atoms with Crippen molar-refractivity contribution in [1.29, 1.82) is 0 Å². The molecule has 1 saturated heterocycles. The molecule has 6 heteroatoms. The number of fused-ring (bicyclic) bond motifs is 1. The van der Waals surface area contributed by atoms with E-state index in [1.165, 1.54) is 25.7 Å². The molecule has 3 rings (SSSR count). The largest absolute Gasteiger partial charge is 0.353 e. The Labute approximate surface area is 125 Å². The average Bonchev–Trinajstić information content (AvgIpc) is 3.02. The number of rotatable bonds is 4. The second kappa shape index (κ2) is 5.52. The Morgan fingerprint density at radius 1 is 1.29 bits per heavy atom. The molecular weight excluding hydrogens is 264 g/mol. The minimum atomic E-state index is 0.506. The van der Waals surface area contributed by atoms with Crippen LogP contribution in [0, 0.1) is 5.41 Å². The van der Waals surface area contributed by atoms with Crippen LogP contribution < -0.4 is 16.2 Å². The Bertz CT molecular complexity index is 606. The standard InChI is InChI=1S/C15H24N6/c1-3-15(4-2)5-8-20(9-6-15)14-13-17-7-10-21(13)11-12(18-14)19-16/h7,10-11,19H,3-6,8-9,16H2,1-2H3. The lowest BCUT2D eigenvalue weighted by Crippen LogP contribution is -2.40. The van der Waals surface area contributed by atoms with Crippen LogP contribution in [-0.4, -0.2) is 27.5 Å². The summed E-state index contributed by atoms with van der Waals surface area (Å²) in [6.07, 6.45) is 10.5. The Balaban J connectivity index is 1.90. The first kappa shape index (κ1) is 14.1. The number of nitrogens with two attached hydrogens (primary N) is 1. The van der Waals surface area contributed by atoms with Gasteiger partial charge in [-0.1, -0.05) is 26.7 Å². The highest BCUT2D eigenvalue weighted by Gasteiger charge is 2.32. The highest BCUT2D eigenvalue weighted by Crippen LogP contribution is 2.39. The van der Waals surface area contributed by atoms with Gasteiger partial charge in [0.2, 0.25) is 0 Å². The summed E-state index contributed by atoms with van der Waals surface area (Å²) in [5.41, 5.74) is 4.04. The van der Waals surface area contributed by atoms with Crippen molar-refractivity contribution < 1.29 is 0 Å². The van der Waals surface area contributed by atoms with Crippen LogP contribution in [0.1, 0.15) is 39.5 Å². The summed E-state index contributed by atoms with van der Waals surface area (Å²) < 4.78 is 1.97. The molecule has 1 aliphatic rings. The van der Waals surface area contributed by atoms with Gasteiger partial charge in [0, 0.05) is 25.5 Å². The Hall–Kier alpha value is -1.82. The monoisotopic (exact) mass is 288 g/mol. The number of hydrogen-bond donors (Lipinski definition) is 2. The fraction of sp³-hybridized carbons (Fsp3) is 0.600. The number of anilines is 2. The van der Waals surface area contributed by atoms with E-state index in [1.54, 1.807) is 6.20 Å². The third-order valence-electron chi connectivity index (χ3n) is 5.13. The van der Waals surface area contributed by atoms with Crippen LogP contribution in [-0.2, 0) is 0 Å². The molecule has 0 atom stereocenters. The van der Waals surface area contributed by atoms with E-state index in [9.17, 15) is 0 Å². The second-order valence-electron chi connectivity index (χ2n) is 5.95. The van der Waals surface area contributed by atoms with E-state index in [4.69, 9.17) is 5.84 Å². The predicted octanol–water partition coefficient (Wildman–Crippen LogP) is 2.42. The first-order valence-electron chi connectivity index (χ1n) is 7.76. The van der Waals surface area contributed by atoms with Crippen LogP contribution in [0.4, 0.5) is 11.6 Å². The third kappa shape index (κ3) is 2.44. The fourth-order valence-electron chi connectivity index (χ4n) is 3.35. The van der Waals surface area contributed by atoms with Crippen LogP contribution in [0.3, 0.4) is 0 Å². The van der Waals surface area contributed by atoms with E-state index in [-0.39, 0.29) is 0 Å². The summed E-state index contributed by atoms with van der Waals surface area (Å²) in [6.45, 7) is 6.68. The summed E-state index contributed by atoms with van der Waals surface area (Å²) in [4.78, 5) is 11.4. The summed E-state index contributed by atoms with van der Waals surface area (Å²) in [5, 5.41) is 0. The summed E-state index contributed by atoms with van der Waals surface area (Å²) in [6, 6.07) is 0. The number of hydrazine groups is 1. The maximum Gasteiger partial charge on any atom is 0.180 e. The van der Waals surface area contributed by atoms with Crippen molar-refractivity contribution in [3.05, 3.63) is 18.6 Å². The quantitative estimate of drug-likeness (QED) is 0.668. The lowest BCUT2D eigenvalue weighted by atomic mass is 9.74. The van der Waals surface area contributed by atoms with Crippen LogP contribution in [0.2, 0.25) is 0 Å². The molecule has 0 saturated carbocycles. The van der Waals surface area contributed by atoms with Gasteiger partial charge in [-0.2, -0.15) is 0 Å². The van der Waals surface area contributed by atoms with Crippen molar-refractivity contribution >= 4 is 17.3 Å². The van der Waals surface area contributed by atoms with Gasteiger partial charge in [0.1, 0.15) is 0 Å². The molecule has 0 bridgehead atoms. The number of aromatic nitrogens is 3. The molecule has 0 amide bonds. The SMILES string of the molecule is CCC1(CC)CCN(c2nc(NN)cn3ccnc23)CC1. The molecule has 3 heterocycles. The van der Waals surface area contributed by atoms with Crippen LogP contribution in [0.5, 0.6) is 0 Å². The number of nitrogen functional groups attached to an aromatic ring is 1. The third-order valence-corrected chi connectivity index (χ3v) is 5.13. The number of nitrogens with zero attached hydrogens (tertiary/aromatic N) is 4. The number of imidazole rings is 1. The van der Waals surface area contributed by atoms with Crippen LogP contribution in [0.15, 0.2) is 18.6 Å². The van der Waals surface area contributed by atoms with E-state index >= 15 is 0 Å². The molecule has 2 aromatic rings. The van der Waals surface area contributed by atoms with Gasteiger partial charge < -0.3 is 14.7 Å². The fourth-order valence-corrected chi connectivity index (χ4v) is 3.35. The molecule has 3 N–H and O–H groups in total. The van der Waals surface area contributed by atoms with Crippen molar-refractivity contribution in [3.63, 3.8) is 0 Å². The van der Waals surface area contributed by atoms with E-state index in [0.717, 1.165) is 24.6 Å². The highest BCUT2D eigenvalue weighted by atomic mass is 15.3. The zero-order valence-corrected chi connectivity index (χ0v) is 12.8. The first-order chi connectivity index (χ1) is 10.2. The van der Waals surface area contributed by atoms with Crippen LogP contribution >= 0.6 is 0 Å². The number of hydrogen-bond acceptors (Lipinski definition) is 5. The Morgan fingerprint density at radius 3 is 2.62 bits per heavy atom. The minimum Gasteiger partial charge on any atom is -0.353 e. The van der Waals surface area contributed by atoms with Crippen LogP contribution in [0.25, 0.3) is 5.65 Å². The summed E-state index contributed by atoms with van der Waals surface area (Å²) in [5.74, 6) is 7.12. The Kier molecular flexibility index (Phi) is 3.71. The van der Waals surface area contributed by atoms with E-state index in [2.05, 4.69) is 34.1 Å². The van der Waals surface area contributed by atoms with Crippen molar-refractivity contribution in [2.75, 3.05) is 23.4 Å². The molecule has 2 aromatic heterocycles. The predicted molar refractivity (Wildman–Crippen MR) is 85.3 cm³/mol. The Morgan fingerprint density at radius 2 is 2.00 bits per heavy atom. The molecule has 0 radical (unpaired) electrons. The highest BCUT2D eigenvalue weighted by molar-refractivity contribution is 5.66. The molecule has 1 fully saturated rings. The lowest BCUT2D eigenvalue weighted by molar-refractivity contribution is 0.199. The van der Waals surface area contributed by atoms with Gasteiger partial charge in [0.15, 0.2) is 17.3 Å². The van der Waals surface area contributed by atoms with Gasteiger partial charge in [-0.3, -0.25) is 0 Å². The molecule has 0 aliphatic carbocycles. The van der Waals surface area contributed by atoms with E-state index in [1.807, 2.05) is 16.8 Å². The summed E-state index contributed by atoms with van der Waals surface area (Å²) in [7, 11) is 0. The van der Waals surface area contributed by atoms with Crippen molar-refractivity contribution in [3.8, 4) is 0 Å². The van der Waals surface area contributed by atoms with Gasteiger partial charge in [-0.25, -0.2) is 15.8 Å². The van der Waals surface area contributed by atoms with Gasteiger partial charge in [0.25, 0.3) is 0 Å². The zero-order chi connectivity index (χ0) is 14.9. The topological polar surface area (TPSA) is 71.5 Å². The maximum absolute atomic E-state index is 5.53. The number of nitrogens with one attached hydrogen (secondary N) is 1. The lowest BCUT2D eigenvalue weighted by Gasteiger charge is -2.41. The van der Waals surface area contributed by atoms with Gasteiger partial charge in [-0.15, -0.1) is 0 Å². The normalized spacial score (nSPS) is 18.1. The van der Waals surface area contributed by atoms with Gasteiger partial charge >= 0.3 is 0 Å². The molecular formula is C15H24N6. The molecule has 6 nitrogen and oxygen atoms in total. The minimum absolute atomic E-state index is 0.506. The molecule has 21 heavy (non-hydrogen) atoms.